The van der Waals surface area contributed by atoms with Crippen LogP contribution in [0.2, 0.25) is 0 Å². The summed E-state index contributed by atoms with van der Waals surface area (Å²) in [5.74, 6) is 0.757. The SMILES string of the molecule is CCCCC1(CC)CN(c2ccccc2)c2cc(N(C)C)ccc2S(=O)(=O)N1Cc1ccc(OC)cc1. The number of fused-ring (bicyclic) bond motifs is 1. The summed E-state index contributed by atoms with van der Waals surface area (Å²) in [4.78, 5) is 4.58. The topological polar surface area (TPSA) is 53.1 Å². The van der Waals surface area contributed by atoms with E-state index in [4.69, 9.17) is 4.74 Å². The molecule has 3 aromatic carbocycles. The zero-order valence-corrected chi connectivity index (χ0v) is 23.5. The summed E-state index contributed by atoms with van der Waals surface area (Å²) in [6.07, 6.45) is 3.44. The Balaban J connectivity index is 1.95. The molecule has 0 aromatic heterocycles. The lowest BCUT2D eigenvalue weighted by atomic mass is 9.88. The third-order valence-corrected chi connectivity index (χ3v) is 9.50. The minimum atomic E-state index is -3.82. The van der Waals surface area contributed by atoms with Gasteiger partial charge in [0.2, 0.25) is 10.0 Å². The molecule has 0 bridgehead atoms. The first-order chi connectivity index (χ1) is 17.8. The zero-order chi connectivity index (χ0) is 26.6. The molecule has 37 heavy (non-hydrogen) atoms. The van der Waals surface area contributed by atoms with Gasteiger partial charge in [-0.15, -0.1) is 0 Å². The van der Waals surface area contributed by atoms with Crippen molar-refractivity contribution in [1.82, 2.24) is 4.31 Å². The number of hydrogen-bond acceptors (Lipinski definition) is 5. The van der Waals surface area contributed by atoms with Crippen LogP contribution in [0.25, 0.3) is 0 Å². The largest absolute Gasteiger partial charge is 0.497 e. The quantitative estimate of drug-likeness (QED) is 0.324. The molecule has 1 heterocycles. The van der Waals surface area contributed by atoms with Crippen LogP contribution in [0.4, 0.5) is 17.1 Å². The lowest BCUT2D eigenvalue weighted by Gasteiger charge is -2.43. The van der Waals surface area contributed by atoms with E-state index in [2.05, 4.69) is 30.9 Å². The molecule has 1 aliphatic heterocycles. The van der Waals surface area contributed by atoms with Gasteiger partial charge in [0.25, 0.3) is 0 Å². The van der Waals surface area contributed by atoms with Crippen LogP contribution in [-0.2, 0) is 16.6 Å². The molecule has 6 nitrogen and oxygen atoms in total. The molecule has 198 valence electrons. The first-order valence-electron chi connectivity index (χ1n) is 13.1. The monoisotopic (exact) mass is 521 g/mol. The van der Waals surface area contributed by atoms with Crippen LogP contribution in [-0.4, -0.2) is 46.0 Å². The molecule has 1 atom stereocenters. The van der Waals surface area contributed by atoms with E-state index < -0.39 is 15.6 Å². The van der Waals surface area contributed by atoms with E-state index >= 15 is 0 Å². The van der Waals surface area contributed by atoms with E-state index in [0.29, 0.717) is 24.4 Å². The van der Waals surface area contributed by atoms with Crippen molar-refractivity contribution < 1.29 is 13.2 Å². The summed E-state index contributed by atoms with van der Waals surface area (Å²) in [5.41, 5.74) is 3.05. The lowest BCUT2D eigenvalue weighted by molar-refractivity contribution is 0.163. The van der Waals surface area contributed by atoms with Crippen LogP contribution in [0.3, 0.4) is 0 Å². The molecule has 0 saturated carbocycles. The van der Waals surface area contributed by atoms with E-state index in [1.165, 1.54) is 0 Å². The number of unbranched alkanes of at least 4 members (excludes halogenated alkanes) is 1. The highest BCUT2D eigenvalue weighted by Crippen LogP contribution is 2.45. The third kappa shape index (κ3) is 5.34. The third-order valence-electron chi connectivity index (χ3n) is 7.51. The number of para-hydroxylation sites is 1. The van der Waals surface area contributed by atoms with Gasteiger partial charge in [-0.2, -0.15) is 4.31 Å². The van der Waals surface area contributed by atoms with Crippen LogP contribution in [0.1, 0.15) is 45.1 Å². The van der Waals surface area contributed by atoms with Gasteiger partial charge in [-0.05, 0) is 60.9 Å². The maximum atomic E-state index is 14.6. The molecule has 0 radical (unpaired) electrons. The Bertz CT molecular complexity index is 1290. The molecular formula is C30H39N3O3S. The van der Waals surface area contributed by atoms with Crippen molar-refractivity contribution in [3.63, 3.8) is 0 Å². The smallest absolute Gasteiger partial charge is 0.246 e. The van der Waals surface area contributed by atoms with Crippen LogP contribution < -0.4 is 14.5 Å². The molecule has 4 rings (SSSR count). The van der Waals surface area contributed by atoms with Gasteiger partial charge >= 0.3 is 0 Å². The van der Waals surface area contributed by atoms with E-state index in [1.54, 1.807) is 17.5 Å². The van der Waals surface area contributed by atoms with Crippen molar-refractivity contribution in [1.29, 1.82) is 0 Å². The number of ether oxygens (including phenoxy) is 1. The van der Waals surface area contributed by atoms with Gasteiger partial charge in [-0.3, -0.25) is 0 Å². The molecule has 0 spiro atoms. The standard InChI is InChI=1S/C30H39N3O3S/c1-6-8-20-30(7-2)23-32(25-12-10-9-11-13-25)28-21-26(31(3)4)16-19-29(28)37(34,35)33(30)22-24-14-17-27(36-5)18-15-24/h9-19,21H,6-8,20,22-23H2,1-5H3. The summed E-state index contributed by atoms with van der Waals surface area (Å²) in [7, 11) is 1.77. The Morgan fingerprint density at radius 3 is 2.27 bits per heavy atom. The molecule has 1 aliphatic rings. The molecule has 1 unspecified atom stereocenters. The summed E-state index contributed by atoms with van der Waals surface area (Å²) in [6.45, 7) is 5.17. The predicted octanol–water partition coefficient (Wildman–Crippen LogP) is 6.44. The number of nitrogens with zero attached hydrogens (tertiary/aromatic N) is 3. The first-order valence-corrected chi connectivity index (χ1v) is 14.5. The Morgan fingerprint density at radius 1 is 0.973 bits per heavy atom. The summed E-state index contributed by atoms with van der Waals surface area (Å²) in [6, 6.07) is 23.6. The molecule has 0 amide bonds. The van der Waals surface area contributed by atoms with Gasteiger partial charge in [-0.1, -0.05) is 57.0 Å². The molecule has 7 heteroatoms. The number of methoxy groups -OCH3 is 1. The van der Waals surface area contributed by atoms with Crippen molar-refractivity contribution in [2.24, 2.45) is 0 Å². The zero-order valence-electron chi connectivity index (χ0n) is 22.6. The van der Waals surface area contributed by atoms with Crippen LogP contribution in [0, 0.1) is 0 Å². The van der Waals surface area contributed by atoms with Crippen molar-refractivity contribution in [2.45, 2.75) is 56.5 Å². The number of rotatable bonds is 9. The van der Waals surface area contributed by atoms with Gasteiger partial charge in [-0.25, -0.2) is 8.42 Å². The predicted molar refractivity (Wildman–Crippen MR) is 152 cm³/mol. The fraction of sp³-hybridized carbons (Fsp3) is 0.400. The summed E-state index contributed by atoms with van der Waals surface area (Å²) < 4.78 is 36.3. The average molecular weight is 522 g/mol. The maximum absolute atomic E-state index is 14.6. The van der Waals surface area contributed by atoms with Crippen LogP contribution >= 0.6 is 0 Å². The number of hydrogen-bond donors (Lipinski definition) is 0. The molecule has 0 saturated heterocycles. The van der Waals surface area contributed by atoms with E-state index in [-0.39, 0.29) is 0 Å². The van der Waals surface area contributed by atoms with Crippen molar-refractivity contribution in [3.8, 4) is 5.75 Å². The van der Waals surface area contributed by atoms with Crippen molar-refractivity contribution in [2.75, 3.05) is 37.5 Å². The Hall–Kier alpha value is -3.03. The van der Waals surface area contributed by atoms with Gasteiger partial charge in [0.05, 0.1) is 18.3 Å². The average Bonchev–Trinajstić information content (AvgIpc) is 3.00. The number of anilines is 3. The fourth-order valence-corrected chi connectivity index (χ4v) is 7.23. The lowest BCUT2D eigenvalue weighted by Crippen LogP contribution is -2.54. The number of benzene rings is 3. The van der Waals surface area contributed by atoms with Crippen molar-refractivity contribution in [3.05, 3.63) is 78.4 Å². The van der Waals surface area contributed by atoms with Gasteiger partial charge in [0.15, 0.2) is 0 Å². The number of sulfonamides is 1. The maximum Gasteiger partial charge on any atom is 0.246 e. The normalized spacial score (nSPS) is 19.2. The first kappa shape index (κ1) is 27.0. The second-order valence-corrected chi connectivity index (χ2v) is 11.8. The summed E-state index contributed by atoms with van der Waals surface area (Å²) in [5, 5.41) is 0. The fourth-order valence-electron chi connectivity index (χ4n) is 5.21. The Kier molecular flexibility index (Phi) is 8.14. The highest BCUT2D eigenvalue weighted by molar-refractivity contribution is 7.89. The van der Waals surface area contributed by atoms with Gasteiger partial charge in [0, 0.05) is 38.6 Å². The van der Waals surface area contributed by atoms with E-state index in [9.17, 15) is 8.42 Å². The van der Waals surface area contributed by atoms with Crippen LogP contribution in [0.5, 0.6) is 5.75 Å². The van der Waals surface area contributed by atoms with Crippen molar-refractivity contribution >= 4 is 27.1 Å². The Labute approximate surface area is 222 Å². The second-order valence-electron chi connectivity index (χ2n) is 10.0. The highest BCUT2D eigenvalue weighted by Gasteiger charge is 2.48. The molecular weight excluding hydrogens is 482 g/mol. The second kappa shape index (κ2) is 11.2. The summed E-state index contributed by atoms with van der Waals surface area (Å²) >= 11 is 0. The minimum absolute atomic E-state index is 0.307. The highest BCUT2D eigenvalue weighted by atomic mass is 32.2. The minimum Gasteiger partial charge on any atom is -0.497 e. The van der Waals surface area contributed by atoms with Gasteiger partial charge < -0.3 is 14.5 Å². The van der Waals surface area contributed by atoms with E-state index in [1.807, 2.05) is 73.6 Å². The van der Waals surface area contributed by atoms with Crippen LogP contribution in [0.15, 0.2) is 77.7 Å². The molecule has 0 fully saturated rings. The Morgan fingerprint density at radius 2 is 1.68 bits per heavy atom. The molecule has 3 aromatic rings. The van der Waals surface area contributed by atoms with Gasteiger partial charge in [0.1, 0.15) is 10.6 Å². The van der Waals surface area contributed by atoms with E-state index in [0.717, 1.165) is 47.6 Å². The molecule has 0 aliphatic carbocycles. The molecule has 0 N–H and O–H groups in total.